The molecule has 0 unspecified atom stereocenters. The number of hydrogen-bond acceptors (Lipinski definition) is 4. The zero-order chi connectivity index (χ0) is 15.7. The van der Waals surface area contributed by atoms with E-state index in [4.69, 9.17) is 9.47 Å². The molecular formula is C17H22O4. The molecule has 0 aliphatic rings. The van der Waals surface area contributed by atoms with Crippen molar-refractivity contribution in [2.45, 2.75) is 33.6 Å². The Morgan fingerprint density at radius 1 is 1.24 bits per heavy atom. The Labute approximate surface area is 125 Å². The monoisotopic (exact) mass is 290 g/mol. The first-order valence-electron chi connectivity index (χ1n) is 7.21. The summed E-state index contributed by atoms with van der Waals surface area (Å²) in [7, 11) is 0. The van der Waals surface area contributed by atoms with Crippen LogP contribution in [-0.4, -0.2) is 25.0 Å². The Morgan fingerprint density at radius 3 is 2.62 bits per heavy atom. The minimum absolute atomic E-state index is 0.0700. The second-order valence-corrected chi connectivity index (χ2v) is 4.59. The molecular weight excluding hydrogens is 268 g/mol. The number of unbranched alkanes of at least 4 members (excludes halogenated alkanes) is 1. The number of benzene rings is 1. The van der Waals surface area contributed by atoms with Crippen molar-refractivity contribution >= 4 is 17.8 Å². The van der Waals surface area contributed by atoms with Crippen LogP contribution in [0.2, 0.25) is 0 Å². The standard InChI is InChI=1S/C17H22O4/c1-4-6-11-21-15-9-7-14(16(12-15)13(3)18)8-10-17(19)20-5-2/h7-10,12H,4-6,11H2,1-3H3/b10-8+. The van der Waals surface area contributed by atoms with Gasteiger partial charge in [0.2, 0.25) is 0 Å². The average molecular weight is 290 g/mol. The van der Waals surface area contributed by atoms with E-state index in [2.05, 4.69) is 6.92 Å². The molecule has 0 N–H and O–H groups in total. The van der Waals surface area contributed by atoms with Gasteiger partial charge in [0.25, 0.3) is 0 Å². The average Bonchev–Trinajstić information content (AvgIpc) is 2.46. The van der Waals surface area contributed by atoms with E-state index in [-0.39, 0.29) is 5.78 Å². The first-order chi connectivity index (χ1) is 10.1. The number of carbonyl (C=O) groups excluding carboxylic acids is 2. The highest BCUT2D eigenvalue weighted by Crippen LogP contribution is 2.20. The molecule has 0 radical (unpaired) electrons. The zero-order valence-electron chi connectivity index (χ0n) is 12.8. The summed E-state index contributed by atoms with van der Waals surface area (Å²) in [4.78, 5) is 23.0. The number of carbonyl (C=O) groups is 2. The maximum Gasteiger partial charge on any atom is 0.330 e. The Hall–Kier alpha value is -2.10. The van der Waals surface area contributed by atoms with Gasteiger partial charge >= 0.3 is 5.97 Å². The lowest BCUT2D eigenvalue weighted by atomic mass is 10.0. The van der Waals surface area contributed by atoms with Crippen molar-refractivity contribution in [3.63, 3.8) is 0 Å². The van der Waals surface area contributed by atoms with Gasteiger partial charge in [0.05, 0.1) is 13.2 Å². The van der Waals surface area contributed by atoms with Gasteiger partial charge < -0.3 is 9.47 Å². The number of esters is 1. The van der Waals surface area contributed by atoms with Gasteiger partial charge in [-0.25, -0.2) is 4.79 Å². The van der Waals surface area contributed by atoms with Crippen molar-refractivity contribution in [1.82, 2.24) is 0 Å². The van der Waals surface area contributed by atoms with E-state index in [1.165, 1.54) is 13.0 Å². The van der Waals surface area contributed by atoms with Crippen LogP contribution in [0.15, 0.2) is 24.3 Å². The first-order valence-corrected chi connectivity index (χ1v) is 7.21. The van der Waals surface area contributed by atoms with Gasteiger partial charge in [0.15, 0.2) is 5.78 Å². The molecule has 0 spiro atoms. The third-order valence-electron chi connectivity index (χ3n) is 2.86. The van der Waals surface area contributed by atoms with Crippen LogP contribution in [0.4, 0.5) is 0 Å². The molecule has 1 aromatic carbocycles. The van der Waals surface area contributed by atoms with Crippen molar-refractivity contribution in [3.05, 3.63) is 35.4 Å². The van der Waals surface area contributed by atoms with Crippen LogP contribution in [0.5, 0.6) is 5.75 Å². The zero-order valence-corrected chi connectivity index (χ0v) is 12.8. The van der Waals surface area contributed by atoms with Gasteiger partial charge in [-0.05, 0) is 44.0 Å². The largest absolute Gasteiger partial charge is 0.494 e. The maximum atomic E-state index is 11.7. The Kier molecular flexibility index (Phi) is 7.23. The quantitative estimate of drug-likeness (QED) is 0.317. The minimum atomic E-state index is -0.421. The van der Waals surface area contributed by atoms with Gasteiger partial charge in [-0.1, -0.05) is 19.4 Å². The SMILES string of the molecule is CCCCOc1ccc(/C=C/C(=O)OCC)c(C(C)=O)c1. The number of Topliss-reactive ketones (excluding diaryl/α,β-unsaturated/α-hetero) is 1. The molecule has 4 heteroatoms. The number of ether oxygens (including phenoxy) is 2. The minimum Gasteiger partial charge on any atom is -0.494 e. The molecule has 0 fully saturated rings. The van der Waals surface area contributed by atoms with E-state index in [1.54, 1.807) is 31.2 Å². The predicted molar refractivity (Wildman–Crippen MR) is 82.5 cm³/mol. The molecule has 0 aromatic heterocycles. The first kappa shape index (κ1) is 17.0. The molecule has 0 bridgehead atoms. The second kappa shape index (κ2) is 8.95. The van der Waals surface area contributed by atoms with E-state index in [1.807, 2.05) is 0 Å². The Morgan fingerprint density at radius 2 is 2.00 bits per heavy atom. The summed E-state index contributed by atoms with van der Waals surface area (Å²) >= 11 is 0. The van der Waals surface area contributed by atoms with Gasteiger partial charge in [-0.2, -0.15) is 0 Å². The molecule has 0 heterocycles. The summed E-state index contributed by atoms with van der Waals surface area (Å²) in [6.45, 7) is 6.29. The van der Waals surface area contributed by atoms with Gasteiger partial charge in [-0.15, -0.1) is 0 Å². The summed E-state index contributed by atoms with van der Waals surface area (Å²) in [5.41, 5.74) is 1.21. The summed E-state index contributed by atoms with van der Waals surface area (Å²) < 4.78 is 10.4. The van der Waals surface area contributed by atoms with Crippen molar-refractivity contribution in [3.8, 4) is 5.75 Å². The lowest BCUT2D eigenvalue weighted by Crippen LogP contribution is -2.02. The highest BCUT2D eigenvalue weighted by atomic mass is 16.5. The lowest BCUT2D eigenvalue weighted by molar-refractivity contribution is -0.137. The second-order valence-electron chi connectivity index (χ2n) is 4.59. The Bertz CT molecular complexity index is 518. The van der Waals surface area contributed by atoms with E-state index in [0.29, 0.717) is 30.1 Å². The van der Waals surface area contributed by atoms with Crippen molar-refractivity contribution in [2.24, 2.45) is 0 Å². The van der Waals surface area contributed by atoms with E-state index < -0.39 is 5.97 Å². The van der Waals surface area contributed by atoms with Gasteiger partial charge in [0, 0.05) is 11.6 Å². The van der Waals surface area contributed by atoms with E-state index in [0.717, 1.165) is 12.8 Å². The van der Waals surface area contributed by atoms with Crippen molar-refractivity contribution < 1.29 is 19.1 Å². The normalized spacial score (nSPS) is 10.6. The fourth-order valence-corrected chi connectivity index (χ4v) is 1.76. The molecule has 0 amide bonds. The van der Waals surface area contributed by atoms with Crippen LogP contribution in [0.1, 0.15) is 49.5 Å². The van der Waals surface area contributed by atoms with Crippen LogP contribution in [-0.2, 0) is 9.53 Å². The van der Waals surface area contributed by atoms with Crippen LogP contribution < -0.4 is 4.74 Å². The molecule has 0 aliphatic carbocycles. The summed E-state index contributed by atoms with van der Waals surface area (Å²) in [5.74, 6) is 0.177. The molecule has 1 rings (SSSR count). The summed E-state index contributed by atoms with van der Waals surface area (Å²) in [6, 6.07) is 5.28. The molecule has 0 saturated carbocycles. The molecule has 0 atom stereocenters. The van der Waals surface area contributed by atoms with Crippen molar-refractivity contribution in [1.29, 1.82) is 0 Å². The summed E-state index contributed by atoms with van der Waals surface area (Å²) in [6.07, 6.45) is 4.94. The van der Waals surface area contributed by atoms with Crippen LogP contribution in [0, 0.1) is 0 Å². The van der Waals surface area contributed by atoms with Crippen LogP contribution in [0.3, 0.4) is 0 Å². The fourth-order valence-electron chi connectivity index (χ4n) is 1.76. The molecule has 0 aliphatic heterocycles. The lowest BCUT2D eigenvalue weighted by Gasteiger charge is -2.08. The fraction of sp³-hybridized carbons (Fsp3) is 0.412. The highest BCUT2D eigenvalue weighted by molar-refractivity contribution is 5.99. The topological polar surface area (TPSA) is 52.6 Å². The maximum absolute atomic E-state index is 11.7. The smallest absolute Gasteiger partial charge is 0.330 e. The molecule has 0 saturated heterocycles. The molecule has 4 nitrogen and oxygen atoms in total. The van der Waals surface area contributed by atoms with Gasteiger partial charge in [0.1, 0.15) is 5.75 Å². The van der Waals surface area contributed by atoms with Crippen molar-refractivity contribution in [2.75, 3.05) is 13.2 Å². The third kappa shape index (κ3) is 5.81. The highest BCUT2D eigenvalue weighted by Gasteiger charge is 2.08. The molecule has 114 valence electrons. The van der Waals surface area contributed by atoms with E-state index >= 15 is 0 Å². The van der Waals surface area contributed by atoms with Gasteiger partial charge in [-0.3, -0.25) is 4.79 Å². The van der Waals surface area contributed by atoms with Crippen LogP contribution >= 0.6 is 0 Å². The molecule has 21 heavy (non-hydrogen) atoms. The third-order valence-corrected chi connectivity index (χ3v) is 2.86. The Balaban J connectivity index is 2.89. The van der Waals surface area contributed by atoms with E-state index in [9.17, 15) is 9.59 Å². The predicted octanol–water partition coefficient (Wildman–Crippen LogP) is 3.64. The number of ketones is 1. The molecule has 1 aromatic rings. The number of rotatable bonds is 8. The number of hydrogen-bond donors (Lipinski definition) is 0. The summed E-state index contributed by atoms with van der Waals surface area (Å²) in [5, 5.41) is 0. The van der Waals surface area contributed by atoms with Crippen LogP contribution in [0.25, 0.3) is 6.08 Å².